The van der Waals surface area contributed by atoms with Crippen LogP contribution in [0, 0.1) is 0 Å². The van der Waals surface area contributed by atoms with Crippen LogP contribution in [0.15, 0.2) is 65.5 Å². The molecule has 1 aromatic heterocycles. The van der Waals surface area contributed by atoms with Crippen molar-refractivity contribution in [1.29, 1.82) is 0 Å². The summed E-state index contributed by atoms with van der Waals surface area (Å²) in [5.74, 6) is -1.46. The molecule has 7 heteroatoms. The number of aliphatic carboxylic acids is 1. The molecule has 0 saturated heterocycles. The molecule has 2 aromatic carbocycles. The summed E-state index contributed by atoms with van der Waals surface area (Å²) in [6.07, 6.45) is -0.242. The highest BCUT2D eigenvalue weighted by Crippen LogP contribution is 2.29. The summed E-state index contributed by atoms with van der Waals surface area (Å²) in [5, 5.41) is 22.7. The second kappa shape index (κ2) is 7.79. The van der Waals surface area contributed by atoms with Crippen molar-refractivity contribution in [2.45, 2.75) is 12.5 Å². The van der Waals surface area contributed by atoms with Crippen LogP contribution >= 0.6 is 11.3 Å². The van der Waals surface area contributed by atoms with E-state index >= 15 is 0 Å². The summed E-state index contributed by atoms with van der Waals surface area (Å²) in [5.41, 5.74) is 1.33. The molecule has 0 saturated carbocycles. The van der Waals surface area contributed by atoms with E-state index in [0.717, 1.165) is 16.9 Å². The fraction of sp³-hybridized carbons (Fsp3) is 0.105. The first kappa shape index (κ1) is 17.6. The first-order chi connectivity index (χ1) is 12.5. The van der Waals surface area contributed by atoms with Gasteiger partial charge in [0.1, 0.15) is 5.01 Å². The predicted octanol–water partition coefficient (Wildman–Crippen LogP) is 3.50. The highest BCUT2D eigenvalue weighted by atomic mass is 32.1. The van der Waals surface area contributed by atoms with E-state index in [2.05, 4.69) is 10.3 Å². The van der Waals surface area contributed by atoms with E-state index in [1.807, 2.05) is 24.3 Å². The van der Waals surface area contributed by atoms with Crippen LogP contribution in [0.5, 0.6) is 5.88 Å². The van der Waals surface area contributed by atoms with Gasteiger partial charge >= 0.3 is 5.97 Å². The Labute approximate surface area is 153 Å². The van der Waals surface area contributed by atoms with Crippen LogP contribution in [0.3, 0.4) is 0 Å². The van der Waals surface area contributed by atoms with Gasteiger partial charge in [0.05, 0.1) is 12.5 Å². The van der Waals surface area contributed by atoms with Gasteiger partial charge in [-0.15, -0.1) is 0 Å². The Morgan fingerprint density at radius 1 is 1.08 bits per heavy atom. The topological polar surface area (TPSA) is 99.5 Å². The number of carboxylic acids is 1. The van der Waals surface area contributed by atoms with E-state index in [-0.39, 0.29) is 12.1 Å². The molecule has 3 N–H and O–H groups in total. The number of benzene rings is 2. The number of aromatic hydroxyl groups is 1. The molecule has 0 aliphatic carbocycles. The monoisotopic (exact) mass is 368 g/mol. The lowest BCUT2D eigenvalue weighted by molar-refractivity contribution is -0.137. The molecule has 0 amide bonds. The second-order valence-electron chi connectivity index (χ2n) is 5.58. The number of hydrogen-bond acceptors (Lipinski definition) is 6. The third-order valence-electron chi connectivity index (χ3n) is 3.74. The van der Waals surface area contributed by atoms with Gasteiger partial charge in [-0.05, 0) is 5.56 Å². The molecular formula is C19H16N2O4S. The number of nitrogens with zero attached hydrogens (tertiary/aromatic N) is 1. The van der Waals surface area contributed by atoms with Gasteiger partial charge in [-0.3, -0.25) is 9.59 Å². The zero-order chi connectivity index (χ0) is 18.5. The summed E-state index contributed by atoms with van der Waals surface area (Å²) >= 11 is 0.891. The standard InChI is InChI=1S/C19H16N2O4S/c22-15(23)11-14(12-7-3-1-4-8-12)20-16-17(24)21-18(26-19(16)25)13-9-5-2-6-10-13/h1-10,14,20,24H,11H2,(H,22,23). The quantitative estimate of drug-likeness (QED) is 0.616. The predicted molar refractivity (Wildman–Crippen MR) is 101 cm³/mol. The van der Waals surface area contributed by atoms with E-state index in [0.29, 0.717) is 10.6 Å². The number of nitrogens with one attached hydrogen (secondary N) is 1. The summed E-state index contributed by atoms with van der Waals surface area (Å²) in [6, 6.07) is 17.3. The zero-order valence-electron chi connectivity index (χ0n) is 13.6. The minimum atomic E-state index is -1.02. The maximum Gasteiger partial charge on any atom is 0.305 e. The van der Waals surface area contributed by atoms with Crippen LogP contribution in [-0.2, 0) is 4.79 Å². The van der Waals surface area contributed by atoms with Crippen LogP contribution in [0.4, 0.5) is 5.69 Å². The van der Waals surface area contributed by atoms with Crippen molar-refractivity contribution in [3.05, 3.63) is 75.8 Å². The third-order valence-corrected chi connectivity index (χ3v) is 4.65. The first-order valence-electron chi connectivity index (χ1n) is 7.87. The molecule has 0 aliphatic rings. The normalized spacial score (nSPS) is 11.7. The van der Waals surface area contributed by atoms with Gasteiger partial charge in [0.2, 0.25) is 5.88 Å². The van der Waals surface area contributed by atoms with E-state index in [4.69, 9.17) is 5.11 Å². The lowest BCUT2D eigenvalue weighted by Gasteiger charge is -2.18. The fourth-order valence-corrected chi connectivity index (χ4v) is 3.33. The average Bonchev–Trinajstić information content (AvgIpc) is 2.64. The molecule has 6 nitrogen and oxygen atoms in total. The van der Waals surface area contributed by atoms with Crippen molar-refractivity contribution < 1.29 is 15.0 Å². The molecule has 26 heavy (non-hydrogen) atoms. The van der Waals surface area contributed by atoms with Gasteiger partial charge in [-0.25, -0.2) is 4.98 Å². The van der Waals surface area contributed by atoms with Crippen molar-refractivity contribution in [3.63, 3.8) is 0 Å². The zero-order valence-corrected chi connectivity index (χ0v) is 14.4. The Balaban J connectivity index is 1.95. The molecule has 0 spiro atoms. The molecule has 1 atom stereocenters. The lowest BCUT2D eigenvalue weighted by atomic mass is 10.0. The van der Waals surface area contributed by atoms with Crippen LogP contribution < -0.4 is 10.1 Å². The van der Waals surface area contributed by atoms with Gasteiger partial charge in [0.25, 0.3) is 4.74 Å². The van der Waals surface area contributed by atoms with Crippen LogP contribution in [0.25, 0.3) is 10.6 Å². The number of carbonyl (C=O) groups is 1. The molecule has 0 radical (unpaired) electrons. The number of rotatable bonds is 6. The van der Waals surface area contributed by atoms with Crippen molar-refractivity contribution in [1.82, 2.24) is 4.98 Å². The van der Waals surface area contributed by atoms with Crippen molar-refractivity contribution in [3.8, 4) is 16.5 Å². The SMILES string of the molecule is O=C(O)CC(Nc1c(O)nc(-c2ccccc2)sc1=O)c1ccccc1. The summed E-state index contributed by atoms with van der Waals surface area (Å²) < 4.78 is -0.414. The third kappa shape index (κ3) is 4.07. The molecule has 3 rings (SSSR count). The maximum atomic E-state index is 12.5. The summed E-state index contributed by atoms with van der Waals surface area (Å²) in [6.45, 7) is 0. The Morgan fingerprint density at radius 3 is 2.27 bits per heavy atom. The van der Waals surface area contributed by atoms with E-state index in [9.17, 15) is 14.7 Å². The van der Waals surface area contributed by atoms with Crippen LogP contribution in [-0.4, -0.2) is 21.2 Å². The Bertz CT molecular complexity index is 958. The molecule has 0 fully saturated rings. The molecule has 1 unspecified atom stereocenters. The van der Waals surface area contributed by atoms with Crippen molar-refractivity contribution >= 4 is 23.0 Å². The molecule has 1 heterocycles. The van der Waals surface area contributed by atoms with Gasteiger partial charge in [0, 0.05) is 5.56 Å². The lowest BCUT2D eigenvalue weighted by Crippen LogP contribution is -2.19. The smallest absolute Gasteiger partial charge is 0.305 e. The van der Waals surface area contributed by atoms with E-state index in [1.54, 1.807) is 36.4 Å². The molecular weight excluding hydrogens is 352 g/mol. The highest BCUT2D eigenvalue weighted by Gasteiger charge is 2.20. The first-order valence-corrected chi connectivity index (χ1v) is 8.69. The summed E-state index contributed by atoms with van der Waals surface area (Å²) in [7, 11) is 0. The fourth-order valence-electron chi connectivity index (χ4n) is 2.52. The maximum absolute atomic E-state index is 12.5. The number of aromatic nitrogens is 1. The summed E-state index contributed by atoms with van der Waals surface area (Å²) in [4.78, 5) is 27.8. The van der Waals surface area contributed by atoms with Gasteiger partial charge in [-0.1, -0.05) is 72.0 Å². The van der Waals surface area contributed by atoms with Gasteiger partial charge in [0.15, 0.2) is 5.69 Å². The van der Waals surface area contributed by atoms with Gasteiger partial charge in [-0.2, -0.15) is 0 Å². The number of carboxylic acid groups (broad SMARTS) is 1. The Hall–Kier alpha value is -3.19. The van der Waals surface area contributed by atoms with Gasteiger partial charge < -0.3 is 15.5 Å². The average molecular weight is 368 g/mol. The highest BCUT2D eigenvalue weighted by molar-refractivity contribution is 7.12. The molecule has 3 aromatic rings. The van der Waals surface area contributed by atoms with Crippen LogP contribution in [0.2, 0.25) is 0 Å². The van der Waals surface area contributed by atoms with Crippen molar-refractivity contribution in [2.75, 3.05) is 5.32 Å². The molecule has 0 aliphatic heterocycles. The minimum absolute atomic E-state index is 0.0928. The Kier molecular flexibility index (Phi) is 5.28. The largest absolute Gasteiger partial charge is 0.492 e. The van der Waals surface area contributed by atoms with Crippen LogP contribution in [0.1, 0.15) is 18.0 Å². The Morgan fingerprint density at radius 2 is 1.69 bits per heavy atom. The van der Waals surface area contributed by atoms with Crippen molar-refractivity contribution in [2.24, 2.45) is 0 Å². The number of hydrogen-bond donors (Lipinski definition) is 3. The van der Waals surface area contributed by atoms with E-state index in [1.165, 1.54) is 0 Å². The number of anilines is 1. The molecule has 0 bridgehead atoms. The molecule has 132 valence electrons. The van der Waals surface area contributed by atoms with E-state index < -0.39 is 22.6 Å². The second-order valence-corrected chi connectivity index (χ2v) is 6.54. The minimum Gasteiger partial charge on any atom is -0.492 e.